The van der Waals surface area contributed by atoms with Crippen molar-refractivity contribution in [1.29, 1.82) is 0 Å². The SMILES string of the molecule is CC1CCN(S(=O)(=O)c2ccc(C(=O)NC[C@@H]3CCCO3)s2)CC1. The number of piperidine rings is 1. The Bertz CT molecular complexity index is 672. The van der Waals surface area contributed by atoms with Gasteiger partial charge in [-0.25, -0.2) is 8.42 Å². The van der Waals surface area contributed by atoms with E-state index in [1.807, 2.05) is 0 Å². The third kappa shape index (κ3) is 3.99. The van der Waals surface area contributed by atoms with E-state index in [1.165, 1.54) is 4.31 Å². The van der Waals surface area contributed by atoms with Crippen LogP contribution in [0.4, 0.5) is 0 Å². The van der Waals surface area contributed by atoms with Crippen molar-refractivity contribution in [3.05, 3.63) is 17.0 Å². The summed E-state index contributed by atoms with van der Waals surface area (Å²) in [6.07, 6.45) is 3.83. The minimum absolute atomic E-state index is 0.0763. The lowest BCUT2D eigenvalue weighted by Crippen LogP contribution is -2.37. The average Bonchev–Trinajstić information content (AvgIpc) is 3.25. The van der Waals surface area contributed by atoms with Gasteiger partial charge in [-0.15, -0.1) is 11.3 Å². The zero-order valence-corrected chi connectivity index (χ0v) is 15.5. The van der Waals surface area contributed by atoms with Crippen LogP contribution < -0.4 is 5.32 Å². The summed E-state index contributed by atoms with van der Waals surface area (Å²) in [5.41, 5.74) is 0. The summed E-state index contributed by atoms with van der Waals surface area (Å²) in [7, 11) is -3.48. The third-order valence-corrected chi connectivity index (χ3v) is 8.11. The molecule has 3 heterocycles. The number of rotatable bonds is 5. The first kappa shape index (κ1) is 17.8. The summed E-state index contributed by atoms with van der Waals surface area (Å²) in [6, 6.07) is 3.13. The molecule has 1 aromatic heterocycles. The van der Waals surface area contributed by atoms with Gasteiger partial charge in [0, 0.05) is 26.2 Å². The summed E-state index contributed by atoms with van der Waals surface area (Å²) in [5, 5.41) is 2.83. The minimum Gasteiger partial charge on any atom is -0.376 e. The molecule has 1 atom stereocenters. The predicted octanol–water partition coefficient (Wildman–Crippen LogP) is 2.08. The number of hydrogen-bond acceptors (Lipinski definition) is 5. The summed E-state index contributed by atoms with van der Waals surface area (Å²) >= 11 is 1.04. The maximum absolute atomic E-state index is 12.7. The molecule has 0 spiro atoms. The minimum atomic E-state index is -3.48. The molecule has 0 aromatic carbocycles. The molecule has 2 fully saturated rings. The quantitative estimate of drug-likeness (QED) is 0.859. The fourth-order valence-electron chi connectivity index (χ4n) is 3.03. The highest BCUT2D eigenvalue weighted by Crippen LogP contribution is 2.28. The molecule has 3 rings (SSSR count). The Morgan fingerprint density at radius 3 is 2.75 bits per heavy atom. The molecule has 1 aromatic rings. The maximum atomic E-state index is 12.7. The molecule has 6 nitrogen and oxygen atoms in total. The molecule has 2 aliphatic heterocycles. The van der Waals surface area contributed by atoms with Crippen molar-refractivity contribution in [2.75, 3.05) is 26.2 Å². The normalized spacial score (nSPS) is 23.5. The molecule has 0 bridgehead atoms. The average molecular weight is 373 g/mol. The molecule has 1 N–H and O–H groups in total. The first-order valence-electron chi connectivity index (χ1n) is 8.46. The lowest BCUT2D eigenvalue weighted by atomic mass is 10.0. The van der Waals surface area contributed by atoms with E-state index < -0.39 is 10.0 Å². The highest BCUT2D eigenvalue weighted by molar-refractivity contribution is 7.91. The monoisotopic (exact) mass is 372 g/mol. The Morgan fingerprint density at radius 1 is 1.33 bits per heavy atom. The number of nitrogens with zero attached hydrogens (tertiary/aromatic N) is 1. The van der Waals surface area contributed by atoms with E-state index in [9.17, 15) is 13.2 Å². The highest BCUT2D eigenvalue weighted by Gasteiger charge is 2.30. The Labute approximate surface area is 147 Å². The van der Waals surface area contributed by atoms with Gasteiger partial charge < -0.3 is 10.1 Å². The van der Waals surface area contributed by atoms with Crippen LogP contribution in [-0.4, -0.2) is 51.0 Å². The van der Waals surface area contributed by atoms with Crippen LogP contribution in [0.1, 0.15) is 42.3 Å². The highest BCUT2D eigenvalue weighted by atomic mass is 32.2. The second kappa shape index (κ2) is 7.51. The molecule has 0 radical (unpaired) electrons. The van der Waals surface area contributed by atoms with Crippen molar-refractivity contribution in [2.24, 2.45) is 5.92 Å². The van der Waals surface area contributed by atoms with Gasteiger partial charge in [-0.3, -0.25) is 4.79 Å². The van der Waals surface area contributed by atoms with E-state index in [-0.39, 0.29) is 16.2 Å². The summed E-state index contributed by atoms with van der Waals surface area (Å²) in [5.74, 6) is 0.336. The van der Waals surface area contributed by atoms with Crippen LogP contribution in [0.5, 0.6) is 0 Å². The lowest BCUT2D eigenvalue weighted by Gasteiger charge is -2.28. The van der Waals surface area contributed by atoms with Gasteiger partial charge in [0.25, 0.3) is 15.9 Å². The molecule has 0 aliphatic carbocycles. The Balaban J connectivity index is 1.62. The largest absolute Gasteiger partial charge is 0.376 e. The molecule has 2 saturated heterocycles. The van der Waals surface area contributed by atoms with Gasteiger partial charge in [-0.1, -0.05) is 6.92 Å². The van der Waals surface area contributed by atoms with Crippen molar-refractivity contribution < 1.29 is 17.9 Å². The molecule has 24 heavy (non-hydrogen) atoms. The number of sulfonamides is 1. The van der Waals surface area contributed by atoms with Crippen LogP contribution in [0, 0.1) is 5.92 Å². The second-order valence-electron chi connectivity index (χ2n) is 6.55. The maximum Gasteiger partial charge on any atom is 0.261 e. The molecular weight excluding hydrogens is 348 g/mol. The van der Waals surface area contributed by atoms with E-state index in [4.69, 9.17) is 4.74 Å². The number of nitrogens with one attached hydrogen (secondary N) is 1. The van der Waals surface area contributed by atoms with E-state index in [0.717, 1.165) is 43.6 Å². The van der Waals surface area contributed by atoms with Gasteiger partial charge >= 0.3 is 0 Å². The molecule has 134 valence electrons. The van der Waals surface area contributed by atoms with Gasteiger partial charge in [-0.05, 0) is 43.7 Å². The number of amides is 1. The van der Waals surface area contributed by atoms with Crippen LogP contribution in [0.2, 0.25) is 0 Å². The molecule has 0 unspecified atom stereocenters. The number of carbonyl (C=O) groups excluding carboxylic acids is 1. The third-order valence-electron chi connectivity index (χ3n) is 4.66. The van der Waals surface area contributed by atoms with Gasteiger partial charge in [0.15, 0.2) is 0 Å². The van der Waals surface area contributed by atoms with Crippen LogP contribution >= 0.6 is 11.3 Å². The van der Waals surface area contributed by atoms with E-state index in [0.29, 0.717) is 30.4 Å². The summed E-state index contributed by atoms with van der Waals surface area (Å²) in [4.78, 5) is 12.6. The zero-order valence-electron chi connectivity index (χ0n) is 13.9. The van der Waals surface area contributed by atoms with Crippen LogP contribution in [0.3, 0.4) is 0 Å². The van der Waals surface area contributed by atoms with E-state index in [1.54, 1.807) is 12.1 Å². The zero-order chi connectivity index (χ0) is 17.2. The topological polar surface area (TPSA) is 75.7 Å². The first-order chi connectivity index (χ1) is 11.5. The Kier molecular flexibility index (Phi) is 5.59. The van der Waals surface area contributed by atoms with Crippen molar-refractivity contribution in [1.82, 2.24) is 9.62 Å². The van der Waals surface area contributed by atoms with Crippen LogP contribution in [-0.2, 0) is 14.8 Å². The fourth-order valence-corrected chi connectivity index (χ4v) is 5.88. The van der Waals surface area contributed by atoms with Gasteiger partial charge in [0.2, 0.25) is 0 Å². The smallest absolute Gasteiger partial charge is 0.261 e. The summed E-state index contributed by atoms with van der Waals surface area (Å²) < 4.78 is 32.6. The predicted molar refractivity (Wildman–Crippen MR) is 92.8 cm³/mol. The van der Waals surface area contributed by atoms with Gasteiger partial charge in [0.05, 0.1) is 11.0 Å². The van der Waals surface area contributed by atoms with Gasteiger partial charge in [0.1, 0.15) is 4.21 Å². The van der Waals surface area contributed by atoms with Crippen molar-refractivity contribution >= 4 is 27.3 Å². The van der Waals surface area contributed by atoms with Crippen molar-refractivity contribution in [3.63, 3.8) is 0 Å². The number of carbonyl (C=O) groups is 1. The second-order valence-corrected chi connectivity index (χ2v) is 9.80. The molecule has 2 aliphatic rings. The van der Waals surface area contributed by atoms with E-state index >= 15 is 0 Å². The Hall–Kier alpha value is -0.960. The number of thiophene rings is 1. The number of hydrogen-bond donors (Lipinski definition) is 1. The fraction of sp³-hybridized carbons (Fsp3) is 0.688. The van der Waals surface area contributed by atoms with E-state index in [2.05, 4.69) is 12.2 Å². The van der Waals surface area contributed by atoms with Crippen molar-refractivity contribution in [3.8, 4) is 0 Å². The molecule has 0 saturated carbocycles. The van der Waals surface area contributed by atoms with Crippen LogP contribution in [0.15, 0.2) is 16.3 Å². The molecular formula is C16H24N2O4S2. The lowest BCUT2D eigenvalue weighted by molar-refractivity contribution is 0.0861. The number of ether oxygens (including phenoxy) is 1. The van der Waals surface area contributed by atoms with Crippen LogP contribution in [0.25, 0.3) is 0 Å². The summed E-state index contributed by atoms with van der Waals surface area (Å²) in [6.45, 7) is 4.48. The molecule has 1 amide bonds. The first-order valence-corrected chi connectivity index (χ1v) is 10.7. The Morgan fingerprint density at radius 2 is 2.08 bits per heavy atom. The standard InChI is InChI=1S/C16H24N2O4S2/c1-12-6-8-18(9-7-12)24(20,21)15-5-4-14(23-15)16(19)17-11-13-3-2-10-22-13/h4-5,12-13H,2-3,6-11H2,1H3,(H,17,19)/t13-/m0/s1. The van der Waals surface area contributed by atoms with Crippen molar-refractivity contribution in [2.45, 2.75) is 42.9 Å². The molecule has 8 heteroatoms. The van der Waals surface area contributed by atoms with Gasteiger partial charge in [-0.2, -0.15) is 4.31 Å².